The first-order valence-electron chi connectivity index (χ1n) is 10.0. The van der Waals surface area contributed by atoms with Crippen LogP contribution in [0.5, 0.6) is 11.5 Å². The number of hydrogen-bond donors (Lipinski definition) is 0. The molecule has 0 unspecified atom stereocenters. The van der Waals surface area contributed by atoms with E-state index in [2.05, 4.69) is 0 Å². The van der Waals surface area contributed by atoms with Gasteiger partial charge in [0.15, 0.2) is 36.1 Å². The maximum absolute atomic E-state index is 12.5. The standard InChI is InChI=1S/C26H20O6/c1-17-14-24(29)32-25-20(17)12-13-23(30-15-21(27)18-8-4-2-5-9-18)26(25)31-16-22(28)19-10-6-3-7-11-19/h2-14H,15-16H2,1H3. The van der Waals surface area contributed by atoms with E-state index in [1.54, 1.807) is 67.6 Å². The van der Waals surface area contributed by atoms with Gasteiger partial charge in [0, 0.05) is 22.6 Å². The molecule has 3 aromatic carbocycles. The Morgan fingerprint density at radius 1 is 0.781 bits per heavy atom. The van der Waals surface area contributed by atoms with E-state index in [0.29, 0.717) is 22.1 Å². The molecule has 0 aliphatic carbocycles. The second kappa shape index (κ2) is 9.31. The quantitative estimate of drug-likeness (QED) is 0.301. The molecule has 1 aromatic heterocycles. The van der Waals surface area contributed by atoms with Crippen LogP contribution in [0.2, 0.25) is 0 Å². The Hall–Kier alpha value is -4.19. The van der Waals surface area contributed by atoms with Gasteiger partial charge in [-0.15, -0.1) is 0 Å². The van der Waals surface area contributed by atoms with Crippen LogP contribution in [0, 0.1) is 6.92 Å². The summed E-state index contributed by atoms with van der Waals surface area (Å²) in [5, 5.41) is 0.647. The van der Waals surface area contributed by atoms with Gasteiger partial charge in [-0.1, -0.05) is 60.7 Å². The van der Waals surface area contributed by atoms with E-state index in [9.17, 15) is 14.4 Å². The summed E-state index contributed by atoms with van der Waals surface area (Å²) in [4.78, 5) is 37.0. The van der Waals surface area contributed by atoms with Gasteiger partial charge in [0.25, 0.3) is 0 Å². The molecule has 0 radical (unpaired) electrons. The van der Waals surface area contributed by atoms with E-state index < -0.39 is 5.63 Å². The van der Waals surface area contributed by atoms with Gasteiger partial charge in [-0.05, 0) is 24.6 Å². The van der Waals surface area contributed by atoms with Crippen molar-refractivity contribution >= 4 is 22.5 Å². The molecule has 0 amide bonds. The molecular weight excluding hydrogens is 408 g/mol. The van der Waals surface area contributed by atoms with E-state index in [1.165, 1.54) is 6.07 Å². The van der Waals surface area contributed by atoms with Crippen molar-refractivity contribution in [1.29, 1.82) is 0 Å². The average Bonchev–Trinajstić information content (AvgIpc) is 2.82. The van der Waals surface area contributed by atoms with Crippen LogP contribution in [-0.4, -0.2) is 24.8 Å². The van der Waals surface area contributed by atoms with E-state index in [4.69, 9.17) is 13.9 Å². The molecule has 0 saturated carbocycles. The minimum Gasteiger partial charge on any atom is -0.481 e. The first-order chi connectivity index (χ1) is 15.5. The fraction of sp³-hybridized carbons (Fsp3) is 0.115. The predicted octanol–water partition coefficient (Wildman–Crippen LogP) is 4.62. The zero-order valence-electron chi connectivity index (χ0n) is 17.4. The smallest absolute Gasteiger partial charge is 0.336 e. The molecule has 0 atom stereocenters. The van der Waals surface area contributed by atoms with Gasteiger partial charge in [-0.2, -0.15) is 0 Å². The number of Topliss-reactive ketones (excluding diaryl/α,β-unsaturated/α-hetero) is 2. The molecule has 6 heteroatoms. The summed E-state index contributed by atoms with van der Waals surface area (Å²) < 4.78 is 16.9. The third kappa shape index (κ3) is 4.59. The number of rotatable bonds is 8. The van der Waals surface area contributed by atoms with E-state index >= 15 is 0 Å². The monoisotopic (exact) mass is 428 g/mol. The SMILES string of the molecule is Cc1cc(=O)oc2c(OCC(=O)c3ccccc3)c(OCC(=O)c3ccccc3)ccc12. The summed E-state index contributed by atoms with van der Waals surface area (Å²) in [6, 6.07) is 22.2. The van der Waals surface area contributed by atoms with Crippen LogP contribution in [0.1, 0.15) is 26.3 Å². The average molecular weight is 428 g/mol. The Balaban J connectivity index is 1.65. The van der Waals surface area contributed by atoms with Crippen molar-refractivity contribution in [1.82, 2.24) is 0 Å². The number of fused-ring (bicyclic) bond motifs is 1. The molecule has 160 valence electrons. The summed E-state index contributed by atoms with van der Waals surface area (Å²) in [5.41, 5.74) is 1.32. The zero-order chi connectivity index (χ0) is 22.5. The van der Waals surface area contributed by atoms with Crippen molar-refractivity contribution in [3.8, 4) is 11.5 Å². The molecule has 0 aliphatic rings. The Kier molecular flexibility index (Phi) is 6.12. The molecular formula is C26H20O6. The number of hydrogen-bond acceptors (Lipinski definition) is 6. The van der Waals surface area contributed by atoms with Crippen molar-refractivity contribution in [2.24, 2.45) is 0 Å². The summed E-state index contributed by atoms with van der Waals surface area (Å²) >= 11 is 0. The van der Waals surface area contributed by atoms with Crippen molar-refractivity contribution in [3.63, 3.8) is 0 Å². The summed E-state index contributed by atoms with van der Waals surface area (Å²) in [6.45, 7) is 1.25. The maximum atomic E-state index is 12.5. The van der Waals surface area contributed by atoms with Crippen LogP contribution in [0.4, 0.5) is 0 Å². The summed E-state index contributed by atoms with van der Waals surface area (Å²) in [5.74, 6) is -0.156. The number of carbonyl (C=O) groups is 2. The molecule has 0 aliphatic heterocycles. The Morgan fingerprint density at radius 2 is 1.34 bits per heavy atom. The van der Waals surface area contributed by atoms with Crippen LogP contribution in [0.3, 0.4) is 0 Å². The topological polar surface area (TPSA) is 82.8 Å². The molecule has 0 bridgehead atoms. The molecule has 4 rings (SSSR count). The van der Waals surface area contributed by atoms with Crippen molar-refractivity contribution in [3.05, 3.63) is 106 Å². The first-order valence-corrected chi connectivity index (χ1v) is 10.0. The minimum atomic E-state index is -0.549. The van der Waals surface area contributed by atoms with Gasteiger partial charge in [-0.3, -0.25) is 9.59 Å². The Labute approximate surface area is 184 Å². The molecule has 0 saturated heterocycles. The largest absolute Gasteiger partial charge is 0.481 e. The lowest BCUT2D eigenvalue weighted by atomic mass is 10.1. The lowest BCUT2D eigenvalue weighted by Gasteiger charge is -2.14. The van der Waals surface area contributed by atoms with Crippen LogP contribution in [0.15, 0.2) is 88.1 Å². The van der Waals surface area contributed by atoms with Crippen molar-refractivity contribution < 1.29 is 23.5 Å². The second-order valence-electron chi connectivity index (χ2n) is 7.17. The summed E-state index contributed by atoms with van der Waals surface area (Å²) in [6.07, 6.45) is 0. The molecule has 0 fully saturated rings. The molecule has 32 heavy (non-hydrogen) atoms. The van der Waals surface area contributed by atoms with Gasteiger partial charge < -0.3 is 13.9 Å². The van der Waals surface area contributed by atoms with Gasteiger partial charge in [0.1, 0.15) is 0 Å². The van der Waals surface area contributed by atoms with Crippen molar-refractivity contribution in [2.75, 3.05) is 13.2 Å². The van der Waals surface area contributed by atoms with Gasteiger partial charge in [0.05, 0.1) is 0 Å². The second-order valence-corrected chi connectivity index (χ2v) is 7.17. The number of benzene rings is 3. The zero-order valence-corrected chi connectivity index (χ0v) is 17.4. The van der Waals surface area contributed by atoms with Crippen LogP contribution >= 0.6 is 0 Å². The van der Waals surface area contributed by atoms with E-state index in [1.807, 2.05) is 12.1 Å². The lowest BCUT2D eigenvalue weighted by Crippen LogP contribution is -2.15. The predicted molar refractivity (Wildman–Crippen MR) is 120 cm³/mol. The number of ether oxygens (including phenoxy) is 2. The molecule has 1 heterocycles. The molecule has 0 N–H and O–H groups in total. The fourth-order valence-electron chi connectivity index (χ4n) is 3.29. The minimum absolute atomic E-state index is 0.105. The van der Waals surface area contributed by atoms with Crippen LogP contribution in [-0.2, 0) is 0 Å². The number of ketones is 2. The lowest BCUT2D eigenvalue weighted by molar-refractivity contribution is 0.0895. The van der Waals surface area contributed by atoms with Crippen LogP contribution in [0.25, 0.3) is 11.0 Å². The first kappa shape index (κ1) is 21.1. The number of carbonyl (C=O) groups excluding carboxylic acids is 2. The fourth-order valence-corrected chi connectivity index (χ4v) is 3.29. The van der Waals surface area contributed by atoms with Gasteiger partial charge in [0.2, 0.25) is 5.75 Å². The third-order valence-corrected chi connectivity index (χ3v) is 4.94. The maximum Gasteiger partial charge on any atom is 0.336 e. The van der Waals surface area contributed by atoms with Gasteiger partial charge >= 0.3 is 5.63 Å². The highest BCUT2D eigenvalue weighted by molar-refractivity contribution is 5.98. The van der Waals surface area contributed by atoms with E-state index in [-0.39, 0.29) is 41.9 Å². The highest BCUT2D eigenvalue weighted by atomic mass is 16.5. The molecule has 0 spiro atoms. The van der Waals surface area contributed by atoms with E-state index in [0.717, 1.165) is 0 Å². The Morgan fingerprint density at radius 3 is 1.94 bits per heavy atom. The molecule has 6 nitrogen and oxygen atoms in total. The Bertz CT molecular complexity index is 1320. The summed E-state index contributed by atoms with van der Waals surface area (Å²) in [7, 11) is 0. The highest BCUT2D eigenvalue weighted by Crippen LogP contribution is 2.36. The van der Waals surface area contributed by atoms with Crippen molar-refractivity contribution in [2.45, 2.75) is 6.92 Å². The highest BCUT2D eigenvalue weighted by Gasteiger charge is 2.18. The van der Waals surface area contributed by atoms with Crippen LogP contribution < -0.4 is 15.1 Å². The number of aryl methyl sites for hydroxylation is 1. The third-order valence-electron chi connectivity index (χ3n) is 4.94. The normalized spacial score (nSPS) is 10.7. The molecule has 4 aromatic rings. The van der Waals surface area contributed by atoms with Gasteiger partial charge in [-0.25, -0.2) is 4.79 Å².